The van der Waals surface area contributed by atoms with E-state index in [2.05, 4.69) is 20.6 Å². The molecule has 0 saturated heterocycles. The third kappa shape index (κ3) is 3.49. The average Bonchev–Trinajstić information content (AvgIpc) is 2.97. The van der Waals surface area contributed by atoms with E-state index in [9.17, 15) is 8.78 Å². The predicted octanol–water partition coefficient (Wildman–Crippen LogP) is 2.27. The van der Waals surface area contributed by atoms with Gasteiger partial charge in [-0.2, -0.15) is 10.1 Å². The fourth-order valence-electron chi connectivity index (χ4n) is 1.58. The first-order chi connectivity index (χ1) is 9.08. The van der Waals surface area contributed by atoms with Gasteiger partial charge in [-0.15, -0.1) is 0 Å². The Balaban J connectivity index is 1.98. The van der Waals surface area contributed by atoms with Gasteiger partial charge in [0.2, 0.25) is 5.89 Å². The highest BCUT2D eigenvalue weighted by Gasteiger charge is 2.14. The van der Waals surface area contributed by atoms with Gasteiger partial charge in [-0.3, -0.25) is 4.68 Å². The Kier molecular flexibility index (Phi) is 4.08. The second-order valence-electron chi connectivity index (χ2n) is 4.11. The third-order valence-corrected chi connectivity index (χ3v) is 2.51. The molecule has 104 valence electrons. The quantitative estimate of drug-likeness (QED) is 0.872. The van der Waals surface area contributed by atoms with Crippen LogP contribution in [0.4, 0.5) is 14.5 Å². The van der Waals surface area contributed by atoms with E-state index in [4.69, 9.17) is 4.52 Å². The molecule has 0 aliphatic heterocycles. The van der Waals surface area contributed by atoms with Gasteiger partial charge >= 0.3 is 0 Å². The van der Waals surface area contributed by atoms with Crippen molar-refractivity contribution in [1.82, 2.24) is 19.9 Å². The van der Waals surface area contributed by atoms with Gasteiger partial charge in [0.1, 0.15) is 12.6 Å². The Labute approximate surface area is 108 Å². The minimum atomic E-state index is -2.42. The molecule has 0 aliphatic carbocycles. The summed E-state index contributed by atoms with van der Waals surface area (Å²) in [4.78, 5) is 4.19. The van der Waals surface area contributed by atoms with Crippen molar-refractivity contribution in [2.24, 2.45) is 0 Å². The van der Waals surface area contributed by atoms with Crippen molar-refractivity contribution < 1.29 is 13.3 Å². The second-order valence-corrected chi connectivity index (χ2v) is 4.11. The van der Waals surface area contributed by atoms with Crippen LogP contribution in [0, 0.1) is 0 Å². The van der Waals surface area contributed by atoms with Gasteiger partial charge in [-0.1, -0.05) is 12.1 Å². The van der Waals surface area contributed by atoms with Gasteiger partial charge in [0.05, 0.1) is 11.9 Å². The summed E-state index contributed by atoms with van der Waals surface area (Å²) in [6.07, 6.45) is 1.27. The zero-order chi connectivity index (χ0) is 13.8. The van der Waals surface area contributed by atoms with E-state index in [0.29, 0.717) is 23.8 Å². The van der Waals surface area contributed by atoms with E-state index in [0.717, 1.165) is 0 Å². The average molecular weight is 271 g/mol. The molecule has 1 N–H and O–H groups in total. The third-order valence-electron chi connectivity index (χ3n) is 2.51. The van der Waals surface area contributed by atoms with Crippen molar-refractivity contribution in [3.8, 4) is 0 Å². The van der Waals surface area contributed by atoms with Crippen molar-refractivity contribution in [3.63, 3.8) is 0 Å². The molecule has 0 unspecified atom stereocenters. The van der Waals surface area contributed by atoms with Crippen LogP contribution < -0.4 is 5.32 Å². The molecule has 1 atom stereocenters. The number of alkyl halides is 2. The number of nitrogens with one attached hydrogen (secondary N) is 1. The van der Waals surface area contributed by atoms with E-state index in [1.165, 1.54) is 17.1 Å². The SMILES string of the molecule is CCc1noc([C@@H](C)Nc2cnn(CC(F)F)c2)n1. The lowest BCUT2D eigenvalue weighted by Crippen LogP contribution is -2.08. The second kappa shape index (κ2) is 5.77. The molecule has 19 heavy (non-hydrogen) atoms. The lowest BCUT2D eigenvalue weighted by molar-refractivity contribution is 0.122. The fourth-order valence-corrected chi connectivity index (χ4v) is 1.58. The first-order valence-corrected chi connectivity index (χ1v) is 5.98. The molecule has 0 fully saturated rings. The maximum atomic E-state index is 12.2. The monoisotopic (exact) mass is 271 g/mol. The van der Waals surface area contributed by atoms with Crippen LogP contribution >= 0.6 is 0 Å². The van der Waals surface area contributed by atoms with E-state index in [1.54, 1.807) is 0 Å². The summed E-state index contributed by atoms with van der Waals surface area (Å²) >= 11 is 0. The summed E-state index contributed by atoms with van der Waals surface area (Å²) in [6.45, 7) is 3.36. The Morgan fingerprint density at radius 2 is 2.26 bits per heavy atom. The molecule has 0 amide bonds. The molecule has 0 radical (unpaired) electrons. The molecular formula is C11H15F2N5O. The molecule has 2 rings (SSSR count). The van der Waals surface area contributed by atoms with Crippen LogP contribution in [0.2, 0.25) is 0 Å². The molecule has 0 spiro atoms. The van der Waals surface area contributed by atoms with Crippen molar-refractivity contribution in [2.75, 3.05) is 5.32 Å². The maximum Gasteiger partial charge on any atom is 0.257 e. The summed E-state index contributed by atoms with van der Waals surface area (Å²) < 4.78 is 30.6. The Hall–Kier alpha value is -1.99. The fraction of sp³-hybridized carbons (Fsp3) is 0.545. The van der Waals surface area contributed by atoms with Gasteiger partial charge in [0, 0.05) is 12.6 Å². The van der Waals surface area contributed by atoms with Gasteiger partial charge in [0.25, 0.3) is 6.43 Å². The van der Waals surface area contributed by atoms with E-state index >= 15 is 0 Å². The number of aryl methyl sites for hydroxylation is 1. The molecular weight excluding hydrogens is 256 g/mol. The normalized spacial score (nSPS) is 12.9. The lowest BCUT2D eigenvalue weighted by Gasteiger charge is -2.08. The van der Waals surface area contributed by atoms with Crippen LogP contribution in [0.25, 0.3) is 0 Å². The number of halogens is 2. The maximum absolute atomic E-state index is 12.2. The first-order valence-electron chi connectivity index (χ1n) is 5.98. The number of nitrogens with zero attached hydrogens (tertiary/aromatic N) is 4. The molecule has 2 heterocycles. The van der Waals surface area contributed by atoms with Gasteiger partial charge in [-0.05, 0) is 6.92 Å². The molecule has 6 nitrogen and oxygen atoms in total. The van der Waals surface area contributed by atoms with Crippen molar-refractivity contribution >= 4 is 5.69 Å². The lowest BCUT2D eigenvalue weighted by atomic mass is 10.3. The molecule has 0 aliphatic rings. The van der Waals surface area contributed by atoms with Crippen LogP contribution in [0.15, 0.2) is 16.9 Å². The van der Waals surface area contributed by atoms with E-state index in [1.807, 2.05) is 13.8 Å². The largest absolute Gasteiger partial charge is 0.371 e. The van der Waals surface area contributed by atoms with Crippen LogP contribution in [-0.2, 0) is 13.0 Å². The van der Waals surface area contributed by atoms with E-state index < -0.39 is 13.0 Å². The predicted molar refractivity (Wildman–Crippen MR) is 63.9 cm³/mol. The molecule has 8 heteroatoms. The Bertz CT molecular complexity index is 525. The molecule has 0 aromatic carbocycles. The molecule has 2 aromatic rings. The molecule has 2 aromatic heterocycles. The number of aromatic nitrogens is 4. The summed E-state index contributed by atoms with van der Waals surface area (Å²) in [5.41, 5.74) is 0.629. The zero-order valence-electron chi connectivity index (χ0n) is 10.7. The summed E-state index contributed by atoms with van der Waals surface area (Å²) in [7, 11) is 0. The van der Waals surface area contributed by atoms with Gasteiger partial charge in [-0.25, -0.2) is 8.78 Å². The first kappa shape index (κ1) is 13.4. The van der Waals surface area contributed by atoms with Crippen molar-refractivity contribution in [3.05, 3.63) is 24.1 Å². The standard InChI is InChI=1S/C11H15F2N5O/c1-3-10-16-11(19-17-10)7(2)15-8-4-14-18(5-8)6-9(12)13/h4-5,7,9,15H,3,6H2,1-2H3/t7-/m1/s1. The van der Waals surface area contributed by atoms with Crippen molar-refractivity contribution in [2.45, 2.75) is 39.3 Å². The van der Waals surface area contributed by atoms with Crippen LogP contribution in [0.1, 0.15) is 31.6 Å². The number of rotatable bonds is 6. The summed E-state index contributed by atoms with van der Waals surface area (Å²) in [5.74, 6) is 1.09. The van der Waals surface area contributed by atoms with Gasteiger partial charge < -0.3 is 9.84 Å². The highest BCUT2D eigenvalue weighted by Crippen LogP contribution is 2.17. The van der Waals surface area contributed by atoms with Crippen LogP contribution in [0.3, 0.4) is 0 Å². The van der Waals surface area contributed by atoms with Crippen molar-refractivity contribution in [1.29, 1.82) is 0 Å². The summed E-state index contributed by atoms with van der Waals surface area (Å²) in [6, 6.07) is -0.211. The smallest absolute Gasteiger partial charge is 0.257 e. The van der Waals surface area contributed by atoms with Gasteiger partial charge in [0.15, 0.2) is 5.82 Å². The number of hydrogen-bond donors (Lipinski definition) is 1. The minimum Gasteiger partial charge on any atom is -0.371 e. The number of anilines is 1. The minimum absolute atomic E-state index is 0.211. The van der Waals surface area contributed by atoms with Crippen LogP contribution in [-0.4, -0.2) is 26.3 Å². The molecule has 0 bridgehead atoms. The molecule has 0 saturated carbocycles. The highest BCUT2D eigenvalue weighted by atomic mass is 19.3. The topological polar surface area (TPSA) is 68.8 Å². The highest BCUT2D eigenvalue weighted by molar-refractivity contribution is 5.39. The zero-order valence-corrected chi connectivity index (χ0v) is 10.7. The number of hydrogen-bond acceptors (Lipinski definition) is 5. The summed E-state index contributed by atoms with van der Waals surface area (Å²) in [5, 5.41) is 10.7. The Morgan fingerprint density at radius 1 is 1.47 bits per heavy atom. The van der Waals surface area contributed by atoms with E-state index in [-0.39, 0.29) is 6.04 Å². The Morgan fingerprint density at radius 3 is 2.89 bits per heavy atom. The van der Waals surface area contributed by atoms with Crippen LogP contribution in [0.5, 0.6) is 0 Å².